The van der Waals surface area contributed by atoms with Crippen LogP contribution in [0.4, 0.5) is 11.4 Å². The monoisotopic (exact) mass is 301 g/mol. The van der Waals surface area contributed by atoms with Crippen molar-refractivity contribution in [2.75, 3.05) is 11.9 Å². The van der Waals surface area contributed by atoms with Crippen molar-refractivity contribution in [3.8, 4) is 6.07 Å². The molecule has 0 fully saturated rings. The topological polar surface area (TPSA) is 112 Å². The molecule has 2 N–H and O–H groups in total. The summed E-state index contributed by atoms with van der Waals surface area (Å²) < 4.78 is 5.40. The second-order valence-corrected chi connectivity index (χ2v) is 5.14. The molecule has 0 bridgehead atoms. The molecule has 22 heavy (non-hydrogen) atoms. The maximum atomic E-state index is 10.7. The van der Waals surface area contributed by atoms with Crippen LogP contribution in [0.5, 0.6) is 0 Å². The third-order valence-corrected chi connectivity index (χ3v) is 3.23. The minimum Gasteiger partial charge on any atom is -0.463 e. The first-order valence-corrected chi connectivity index (χ1v) is 6.55. The lowest BCUT2D eigenvalue weighted by atomic mass is 10.0. The van der Waals surface area contributed by atoms with E-state index in [2.05, 4.69) is 5.32 Å². The first kappa shape index (κ1) is 15.5. The van der Waals surface area contributed by atoms with Gasteiger partial charge in [-0.2, -0.15) is 5.26 Å². The molecule has 0 saturated heterocycles. The first-order chi connectivity index (χ1) is 10.3. The molecule has 0 amide bonds. The van der Waals surface area contributed by atoms with Crippen LogP contribution < -0.4 is 5.32 Å². The maximum absolute atomic E-state index is 10.7. The molecule has 2 aromatic rings. The Labute approximate surface area is 126 Å². The fourth-order valence-corrected chi connectivity index (χ4v) is 1.97. The number of nitriles is 1. The minimum absolute atomic E-state index is 0.0897. The van der Waals surface area contributed by atoms with Gasteiger partial charge < -0.3 is 14.8 Å². The highest BCUT2D eigenvalue weighted by molar-refractivity contribution is 5.61. The van der Waals surface area contributed by atoms with Crippen molar-refractivity contribution in [2.45, 2.75) is 19.4 Å². The molecule has 0 aliphatic rings. The number of furan rings is 1. The zero-order valence-corrected chi connectivity index (χ0v) is 12.2. The van der Waals surface area contributed by atoms with Crippen LogP contribution in [0.25, 0.3) is 0 Å². The van der Waals surface area contributed by atoms with Gasteiger partial charge in [-0.3, -0.25) is 10.1 Å². The molecular formula is C15H15N3O4. The molecule has 1 atom stereocenters. The molecule has 1 aromatic heterocycles. The zero-order chi connectivity index (χ0) is 16.3. The average molecular weight is 301 g/mol. The summed E-state index contributed by atoms with van der Waals surface area (Å²) >= 11 is 0. The number of non-ortho nitro benzene ring substituents is 1. The van der Waals surface area contributed by atoms with Crippen LogP contribution in [0, 0.1) is 28.4 Å². The van der Waals surface area contributed by atoms with Gasteiger partial charge in [-0.1, -0.05) is 0 Å². The Bertz CT molecular complexity index is 743. The molecule has 1 aromatic carbocycles. The van der Waals surface area contributed by atoms with E-state index >= 15 is 0 Å². The number of nitrogens with zero attached hydrogens (tertiary/aromatic N) is 2. The summed E-state index contributed by atoms with van der Waals surface area (Å²) in [5.41, 5.74) is -0.879. The van der Waals surface area contributed by atoms with Crippen LogP contribution in [0.1, 0.15) is 24.0 Å². The third kappa shape index (κ3) is 3.24. The van der Waals surface area contributed by atoms with Gasteiger partial charge in [0.2, 0.25) is 0 Å². The van der Waals surface area contributed by atoms with Gasteiger partial charge in [0.1, 0.15) is 23.2 Å². The fourth-order valence-electron chi connectivity index (χ4n) is 1.97. The number of benzene rings is 1. The summed E-state index contributed by atoms with van der Waals surface area (Å²) in [5, 5.41) is 33.1. The van der Waals surface area contributed by atoms with Gasteiger partial charge in [-0.05, 0) is 32.0 Å². The Kier molecular flexibility index (Phi) is 4.15. The molecular weight excluding hydrogens is 286 g/mol. The number of nitrogens with one attached hydrogen (secondary N) is 1. The maximum Gasteiger partial charge on any atom is 0.270 e. The Morgan fingerprint density at radius 1 is 1.45 bits per heavy atom. The van der Waals surface area contributed by atoms with E-state index in [0.717, 1.165) is 0 Å². The Morgan fingerprint density at radius 3 is 2.73 bits per heavy atom. The highest BCUT2D eigenvalue weighted by Gasteiger charge is 2.27. The van der Waals surface area contributed by atoms with E-state index in [1.807, 2.05) is 6.07 Å². The Hall–Kier alpha value is -2.85. The highest BCUT2D eigenvalue weighted by atomic mass is 16.6. The largest absolute Gasteiger partial charge is 0.463 e. The number of aliphatic hydroxyl groups is 1. The van der Waals surface area contributed by atoms with E-state index in [4.69, 9.17) is 9.68 Å². The molecule has 0 saturated carbocycles. The zero-order valence-electron chi connectivity index (χ0n) is 12.2. The van der Waals surface area contributed by atoms with E-state index < -0.39 is 10.5 Å². The number of nitro benzene ring substituents is 1. The number of anilines is 1. The van der Waals surface area contributed by atoms with Crippen LogP contribution in [-0.4, -0.2) is 16.6 Å². The van der Waals surface area contributed by atoms with Crippen LogP contribution in [0.3, 0.4) is 0 Å². The number of aryl methyl sites for hydroxylation is 1. The van der Waals surface area contributed by atoms with Crippen molar-refractivity contribution >= 4 is 11.4 Å². The van der Waals surface area contributed by atoms with Gasteiger partial charge in [0.25, 0.3) is 5.69 Å². The van der Waals surface area contributed by atoms with E-state index in [1.165, 1.54) is 18.2 Å². The summed E-state index contributed by atoms with van der Waals surface area (Å²) in [4.78, 5) is 10.1. The smallest absolute Gasteiger partial charge is 0.270 e. The van der Waals surface area contributed by atoms with Gasteiger partial charge in [0.05, 0.1) is 22.7 Å². The first-order valence-electron chi connectivity index (χ1n) is 6.55. The van der Waals surface area contributed by atoms with Crippen molar-refractivity contribution in [1.82, 2.24) is 0 Å². The summed E-state index contributed by atoms with van der Waals surface area (Å²) in [6, 6.07) is 9.26. The van der Waals surface area contributed by atoms with Crippen molar-refractivity contribution in [3.63, 3.8) is 0 Å². The van der Waals surface area contributed by atoms with Crippen LogP contribution in [0.2, 0.25) is 0 Å². The Balaban J connectivity index is 2.18. The average Bonchev–Trinajstić information content (AvgIpc) is 2.92. The normalized spacial score (nSPS) is 13.2. The van der Waals surface area contributed by atoms with Crippen molar-refractivity contribution in [3.05, 3.63) is 57.5 Å². The van der Waals surface area contributed by atoms with Crippen molar-refractivity contribution < 1.29 is 14.4 Å². The van der Waals surface area contributed by atoms with E-state index in [9.17, 15) is 15.2 Å². The lowest BCUT2D eigenvalue weighted by Gasteiger charge is -2.22. The van der Waals surface area contributed by atoms with E-state index in [-0.39, 0.29) is 17.8 Å². The molecule has 0 aliphatic carbocycles. The molecule has 1 heterocycles. The highest BCUT2D eigenvalue weighted by Crippen LogP contribution is 2.26. The fraction of sp³-hybridized carbons (Fsp3) is 0.267. The van der Waals surface area contributed by atoms with Crippen LogP contribution in [0.15, 0.2) is 34.7 Å². The number of hydrogen-bond acceptors (Lipinski definition) is 6. The van der Waals surface area contributed by atoms with Gasteiger partial charge >= 0.3 is 0 Å². The van der Waals surface area contributed by atoms with Gasteiger partial charge in [-0.25, -0.2) is 0 Å². The van der Waals surface area contributed by atoms with Gasteiger partial charge in [0.15, 0.2) is 0 Å². The summed E-state index contributed by atoms with van der Waals surface area (Å²) in [6.07, 6.45) is 0. The molecule has 7 nitrogen and oxygen atoms in total. The lowest BCUT2D eigenvalue weighted by Crippen LogP contribution is -2.30. The molecule has 7 heteroatoms. The van der Waals surface area contributed by atoms with Crippen LogP contribution in [-0.2, 0) is 5.60 Å². The predicted octanol–water partition coefficient (Wildman–Crippen LogP) is 2.69. The molecule has 0 radical (unpaired) electrons. The molecule has 0 aliphatic heterocycles. The Morgan fingerprint density at radius 2 is 2.18 bits per heavy atom. The number of nitro groups is 1. The molecule has 114 valence electrons. The van der Waals surface area contributed by atoms with Crippen LogP contribution >= 0.6 is 0 Å². The molecule has 2 rings (SSSR count). The van der Waals surface area contributed by atoms with Crippen molar-refractivity contribution in [2.24, 2.45) is 0 Å². The predicted molar refractivity (Wildman–Crippen MR) is 79.3 cm³/mol. The van der Waals surface area contributed by atoms with Crippen molar-refractivity contribution in [1.29, 1.82) is 5.26 Å². The molecule has 1 unspecified atom stereocenters. The quantitative estimate of drug-likeness (QED) is 0.648. The number of hydrogen-bond donors (Lipinski definition) is 2. The second-order valence-electron chi connectivity index (χ2n) is 5.14. The second kappa shape index (κ2) is 5.87. The van der Waals surface area contributed by atoms with E-state index in [1.54, 1.807) is 26.0 Å². The standard InChI is InChI=1S/C15H15N3O4/c1-10-3-6-14(22-10)15(2,19)9-17-13-5-4-12(18(20)21)7-11(13)8-16/h3-7,17,19H,9H2,1-2H3. The summed E-state index contributed by atoms with van der Waals surface area (Å²) in [7, 11) is 0. The lowest BCUT2D eigenvalue weighted by molar-refractivity contribution is -0.384. The summed E-state index contributed by atoms with van der Waals surface area (Å²) in [6.45, 7) is 3.44. The SMILES string of the molecule is Cc1ccc(C(C)(O)CNc2ccc([N+](=O)[O-])cc2C#N)o1. The summed E-state index contributed by atoms with van der Waals surface area (Å²) in [5.74, 6) is 1.08. The number of rotatable bonds is 5. The van der Waals surface area contributed by atoms with Gasteiger partial charge in [-0.15, -0.1) is 0 Å². The minimum atomic E-state index is -1.28. The molecule has 0 spiro atoms. The van der Waals surface area contributed by atoms with Gasteiger partial charge in [0, 0.05) is 12.1 Å². The van der Waals surface area contributed by atoms with E-state index in [0.29, 0.717) is 17.2 Å². The third-order valence-electron chi connectivity index (χ3n) is 3.23.